The van der Waals surface area contributed by atoms with Crippen molar-refractivity contribution in [3.8, 4) is 11.5 Å². The van der Waals surface area contributed by atoms with Crippen LogP contribution in [0, 0.1) is 0 Å². The molecule has 1 unspecified atom stereocenters. The van der Waals surface area contributed by atoms with Gasteiger partial charge >= 0.3 is 0 Å². The maximum atomic E-state index is 13.0. The molecule has 1 atom stereocenters. The second-order valence-corrected chi connectivity index (χ2v) is 7.01. The lowest BCUT2D eigenvalue weighted by molar-refractivity contribution is -0.140. The number of methoxy groups -OCH3 is 2. The molecule has 1 aliphatic rings. The summed E-state index contributed by atoms with van der Waals surface area (Å²) in [6, 6.07) is 16.4. The van der Waals surface area contributed by atoms with Crippen molar-refractivity contribution in [1.82, 2.24) is 4.90 Å². The number of carbonyl (C=O) groups is 2. The number of benzene rings is 2. The Labute approximate surface area is 179 Å². The highest BCUT2D eigenvalue weighted by Gasteiger charge is 2.46. The summed E-state index contributed by atoms with van der Waals surface area (Å²) in [5.41, 5.74) is 1.01. The monoisotopic (exact) mass is 419 g/mol. The quantitative estimate of drug-likeness (QED) is 0.370. The Morgan fingerprint density at radius 1 is 1.00 bits per heavy atom. The summed E-state index contributed by atoms with van der Waals surface area (Å²) in [5.74, 6) is -0.134. The molecule has 7 nitrogen and oxygen atoms in total. The zero-order valence-corrected chi connectivity index (χ0v) is 17.1. The third-order valence-electron chi connectivity index (χ3n) is 5.20. The van der Waals surface area contributed by atoms with Crippen molar-refractivity contribution in [3.05, 3.63) is 89.4 Å². The summed E-state index contributed by atoms with van der Waals surface area (Å²) in [7, 11) is 3.05. The zero-order chi connectivity index (χ0) is 22.0. The molecule has 3 aromatic rings. The van der Waals surface area contributed by atoms with Gasteiger partial charge in [-0.05, 0) is 42.0 Å². The molecule has 31 heavy (non-hydrogen) atoms. The molecule has 1 amide bonds. The molecule has 1 saturated heterocycles. The fourth-order valence-corrected chi connectivity index (χ4v) is 3.70. The van der Waals surface area contributed by atoms with Crippen LogP contribution in [0.15, 0.2) is 76.9 Å². The Kier molecular flexibility index (Phi) is 5.49. The van der Waals surface area contributed by atoms with E-state index < -0.39 is 17.7 Å². The third kappa shape index (κ3) is 3.77. The van der Waals surface area contributed by atoms with E-state index in [-0.39, 0.29) is 17.9 Å². The van der Waals surface area contributed by atoms with Crippen LogP contribution in [0.4, 0.5) is 0 Å². The number of hydrogen-bond donors (Lipinski definition) is 1. The molecular weight excluding hydrogens is 398 g/mol. The van der Waals surface area contributed by atoms with Gasteiger partial charge in [0.2, 0.25) is 0 Å². The van der Waals surface area contributed by atoms with Crippen LogP contribution in [0.3, 0.4) is 0 Å². The SMILES string of the molecule is COc1cccc(C(O)=C2C(=O)C(=O)N(Cc3ccco3)C2c2cccc(OC)c2)c1. The molecule has 0 bridgehead atoms. The summed E-state index contributed by atoms with van der Waals surface area (Å²) in [5, 5.41) is 11.1. The van der Waals surface area contributed by atoms with E-state index in [0.717, 1.165) is 0 Å². The topological polar surface area (TPSA) is 89.2 Å². The highest BCUT2D eigenvalue weighted by Crippen LogP contribution is 2.41. The van der Waals surface area contributed by atoms with Crippen LogP contribution in [0.25, 0.3) is 5.76 Å². The molecule has 1 aliphatic heterocycles. The summed E-state index contributed by atoms with van der Waals surface area (Å²) >= 11 is 0. The van der Waals surface area contributed by atoms with Crippen LogP contribution in [0.1, 0.15) is 22.9 Å². The van der Waals surface area contributed by atoms with Crippen molar-refractivity contribution >= 4 is 17.4 Å². The minimum absolute atomic E-state index is 0.00179. The fraction of sp³-hybridized carbons (Fsp3) is 0.167. The first kappa shape index (κ1) is 20.3. The molecule has 0 aliphatic carbocycles. The van der Waals surface area contributed by atoms with Gasteiger partial charge in [-0.15, -0.1) is 0 Å². The van der Waals surface area contributed by atoms with Gasteiger partial charge in [0.1, 0.15) is 23.0 Å². The van der Waals surface area contributed by atoms with E-state index >= 15 is 0 Å². The highest BCUT2D eigenvalue weighted by atomic mass is 16.5. The number of rotatable bonds is 6. The molecule has 4 rings (SSSR count). The van der Waals surface area contributed by atoms with Gasteiger partial charge in [0.25, 0.3) is 11.7 Å². The first-order valence-electron chi connectivity index (χ1n) is 9.62. The number of nitrogens with zero attached hydrogens (tertiary/aromatic N) is 1. The van der Waals surface area contributed by atoms with E-state index in [0.29, 0.717) is 28.4 Å². The largest absolute Gasteiger partial charge is 0.507 e. The minimum atomic E-state index is -0.814. The van der Waals surface area contributed by atoms with Gasteiger partial charge in [0.15, 0.2) is 0 Å². The summed E-state index contributed by atoms with van der Waals surface area (Å²) in [4.78, 5) is 27.4. The predicted molar refractivity (Wildman–Crippen MR) is 113 cm³/mol. The zero-order valence-electron chi connectivity index (χ0n) is 17.1. The van der Waals surface area contributed by atoms with Crippen LogP contribution >= 0.6 is 0 Å². The number of furan rings is 1. The number of ketones is 1. The van der Waals surface area contributed by atoms with Gasteiger partial charge in [-0.3, -0.25) is 9.59 Å². The average Bonchev–Trinajstić information content (AvgIpc) is 3.41. The molecule has 158 valence electrons. The predicted octanol–water partition coefficient (Wildman–Crippen LogP) is 3.92. The van der Waals surface area contributed by atoms with Crippen LogP contribution in [-0.2, 0) is 16.1 Å². The minimum Gasteiger partial charge on any atom is -0.507 e. The Morgan fingerprint density at radius 3 is 2.39 bits per heavy atom. The van der Waals surface area contributed by atoms with E-state index in [1.54, 1.807) is 60.7 Å². The van der Waals surface area contributed by atoms with E-state index in [9.17, 15) is 14.7 Å². The lowest BCUT2D eigenvalue weighted by atomic mass is 9.95. The number of Topliss-reactive ketones (excluding diaryl/α,β-unsaturated/α-hetero) is 1. The summed E-state index contributed by atoms with van der Waals surface area (Å²) in [6.07, 6.45) is 1.50. The van der Waals surface area contributed by atoms with Gasteiger partial charge in [0.05, 0.1) is 38.6 Å². The van der Waals surface area contributed by atoms with Crippen molar-refractivity contribution in [2.45, 2.75) is 12.6 Å². The van der Waals surface area contributed by atoms with E-state index in [4.69, 9.17) is 13.9 Å². The maximum absolute atomic E-state index is 13.0. The van der Waals surface area contributed by atoms with Crippen molar-refractivity contribution < 1.29 is 28.6 Å². The molecule has 2 aromatic carbocycles. The maximum Gasteiger partial charge on any atom is 0.296 e. The van der Waals surface area contributed by atoms with Crippen LogP contribution in [0.5, 0.6) is 11.5 Å². The van der Waals surface area contributed by atoms with E-state index in [1.165, 1.54) is 25.4 Å². The Hall–Kier alpha value is -4.00. The Balaban J connectivity index is 1.88. The molecule has 7 heteroatoms. The first-order chi connectivity index (χ1) is 15.0. The normalized spacial score (nSPS) is 17.7. The number of aliphatic hydroxyl groups excluding tert-OH is 1. The third-order valence-corrected chi connectivity index (χ3v) is 5.20. The van der Waals surface area contributed by atoms with Crippen molar-refractivity contribution in [1.29, 1.82) is 0 Å². The molecule has 2 heterocycles. The Morgan fingerprint density at radius 2 is 1.71 bits per heavy atom. The summed E-state index contributed by atoms with van der Waals surface area (Å²) < 4.78 is 15.9. The first-order valence-corrected chi connectivity index (χ1v) is 9.62. The smallest absolute Gasteiger partial charge is 0.296 e. The molecule has 1 N–H and O–H groups in total. The molecular formula is C24H21NO6. The number of amides is 1. The van der Waals surface area contributed by atoms with Crippen LogP contribution in [-0.4, -0.2) is 35.9 Å². The molecule has 0 saturated carbocycles. The lowest BCUT2D eigenvalue weighted by Gasteiger charge is -2.24. The molecule has 1 fully saturated rings. The second-order valence-electron chi connectivity index (χ2n) is 7.01. The lowest BCUT2D eigenvalue weighted by Crippen LogP contribution is -2.29. The van der Waals surface area contributed by atoms with Gasteiger partial charge in [-0.2, -0.15) is 0 Å². The van der Waals surface area contributed by atoms with Gasteiger partial charge in [-0.1, -0.05) is 24.3 Å². The van der Waals surface area contributed by atoms with Crippen molar-refractivity contribution in [3.63, 3.8) is 0 Å². The number of likely N-dealkylation sites (tertiary alicyclic amines) is 1. The number of ether oxygens (including phenoxy) is 2. The van der Waals surface area contributed by atoms with Crippen LogP contribution in [0.2, 0.25) is 0 Å². The van der Waals surface area contributed by atoms with Crippen LogP contribution < -0.4 is 9.47 Å². The van der Waals surface area contributed by atoms with E-state index in [2.05, 4.69) is 0 Å². The Bertz CT molecular complexity index is 1150. The fourth-order valence-electron chi connectivity index (χ4n) is 3.70. The second kappa shape index (κ2) is 8.39. The molecule has 0 radical (unpaired) electrons. The van der Waals surface area contributed by atoms with Crippen molar-refractivity contribution in [2.75, 3.05) is 14.2 Å². The number of hydrogen-bond acceptors (Lipinski definition) is 6. The van der Waals surface area contributed by atoms with Gasteiger partial charge < -0.3 is 23.9 Å². The highest BCUT2D eigenvalue weighted by molar-refractivity contribution is 6.46. The van der Waals surface area contributed by atoms with Gasteiger partial charge in [-0.25, -0.2) is 0 Å². The van der Waals surface area contributed by atoms with Crippen molar-refractivity contribution in [2.24, 2.45) is 0 Å². The van der Waals surface area contributed by atoms with E-state index in [1.807, 2.05) is 0 Å². The molecule has 1 aromatic heterocycles. The standard InChI is InChI=1S/C24H21NO6/c1-29-17-8-3-6-15(12-17)21-20(22(26)16-7-4-9-18(13-16)30-2)23(27)24(28)25(21)14-19-10-5-11-31-19/h3-13,21,26H,14H2,1-2H3. The molecule has 0 spiro atoms. The number of carbonyl (C=O) groups excluding carboxylic acids is 2. The summed E-state index contributed by atoms with van der Waals surface area (Å²) in [6.45, 7) is 0.0777. The van der Waals surface area contributed by atoms with Gasteiger partial charge in [0, 0.05) is 5.56 Å². The number of aliphatic hydroxyl groups is 1. The average molecular weight is 419 g/mol.